The van der Waals surface area contributed by atoms with Gasteiger partial charge in [-0.25, -0.2) is 0 Å². The number of nitrogens with zero attached hydrogens (tertiary/aromatic N) is 1. The summed E-state index contributed by atoms with van der Waals surface area (Å²) in [5.41, 5.74) is 5.30. The van der Waals surface area contributed by atoms with Crippen LogP contribution in [0.15, 0.2) is 5.16 Å². The van der Waals surface area contributed by atoms with Crippen molar-refractivity contribution in [3.05, 3.63) is 0 Å². The topological polar surface area (TPSA) is 70.6 Å². The molecule has 0 aliphatic heterocycles. The number of nitrogens with one attached hydrogen (secondary N) is 1. The largest absolute Gasteiger partial charge is 0.409 e. The van der Waals surface area contributed by atoms with Crippen LogP contribution < -0.4 is 11.1 Å². The Morgan fingerprint density at radius 2 is 2.50 bits per heavy atom. The predicted octanol–water partition coefficient (Wildman–Crippen LogP) is 0.124. The summed E-state index contributed by atoms with van der Waals surface area (Å²) in [6.07, 6.45) is 6.29. The van der Waals surface area contributed by atoms with Gasteiger partial charge in [-0.1, -0.05) is 5.16 Å². The highest BCUT2D eigenvalue weighted by Crippen LogP contribution is 1.89. The molecule has 0 spiro atoms. The van der Waals surface area contributed by atoms with Gasteiger partial charge in [-0.15, -0.1) is 12.3 Å². The molecule has 1 atom stereocenters. The summed E-state index contributed by atoms with van der Waals surface area (Å²) in [6, 6.07) is 0.189. The molecule has 4 nitrogen and oxygen atoms in total. The van der Waals surface area contributed by atoms with E-state index in [4.69, 9.17) is 17.4 Å². The van der Waals surface area contributed by atoms with Gasteiger partial charge in [-0.05, 0) is 6.92 Å². The van der Waals surface area contributed by atoms with Crippen molar-refractivity contribution in [2.75, 3.05) is 6.54 Å². The van der Waals surface area contributed by atoms with Gasteiger partial charge in [0.25, 0.3) is 0 Å². The predicted molar refractivity (Wildman–Crippen MR) is 48.9 cm³/mol. The van der Waals surface area contributed by atoms with Crippen molar-refractivity contribution in [1.29, 1.82) is 0 Å². The molecule has 68 valence electrons. The van der Waals surface area contributed by atoms with E-state index < -0.39 is 0 Å². The van der Waals surface area contributed by atoms with Gasteiger partial charge in [0, 0.05) is 25.4 Å². The van der Waals surface area contributed by atoms with Crippen LogP contribution in [0.3, 0.4) is 0 Å². The summed E-state index contributed by atoms with van der Waals surface area (Å²) in [4.78, 5) is 0. The second-order valence-electron chi connectivity index (χ2n) is 2.60. The maximum atomic E-state index is 8.26. The lowest BCUT2D eigenvalue weighted by Gasteiger charge is -2.10. The van der Waals surface area contributed by atoms with Gasteiger partial charge in [-0.3, -0.25) is 0 Å². The molecule has 0 aromatic heterocycles. The summed E-state index contributed by atoms with van der Waals surface area (Å²) in [5, 5.41) is 14.3. The summed E-state index contributed by atoms with van der Waals surface area (Å²) in [6.45, 7) is 2.71. The molecule has 1 unspecified atom stereocenters. The minimum absolute atomic E-state index is 0.189. The number of oxime groups is 1. The molecule has 0 aromatic rings. The van der Waals surface area contributed by atoms with E-state index in [2.05, 4.69) is 16.4 Å². The smallest absolute Gasteiger partial charge is 0.140 e. The Bertz CT molecular complexity index is 183. The van der Waals surface area contributed by atoms with Gasteiger partial charge in [-0.2, -0.15) is 0 Å². The van der Waals surface area contributed by atoms with Crippen LogP contribution >= 0.6 is 0 Å². The zero-order chi connectivity index (χ0) is 9.40. The van der Waals surface area contributed by atoms with Crippen LogP contribution in [0.4, 0.5) is 0 Å². The molecule has 0 saturated heterocycles. The number of terminal acetylenes is 1. The van der Waals surface area contributed by atoms with E-state index in [1.165, 1.54) is 0 Å². The maximum absolute atomic E-state index is 8.26. The van der Waals surface area contributed by atoms with Gasteiger partial charge in [0.05, 0.1) is 0 Å². The second kappa shape index (κ2) is 6.50. The average Bonchev–Trinajstić information content (AvgIpc) is 2.05. The minimum atomic E-state index is 0.189. The van der Waals surface area contributed by atoms with Crippen molar-refractivity contribution >= 4 is 5.84 Å². The molecule has 0 saturated carbocycles. The molecule has 0 fully saturated rings. The normalized spacial score (nSPS) is 13.8. The van der Waals surface area contributed by atoms with Crippen LogP contribution in [0.5, 0.6) is 0 Å². The third-order valence-corrected chi connectivity index (χ3v) is 1.41. The number of hydrogen-bond acceptors (Lipinski definition) is 3. The van der Waals surface area contributed by atoms with Crippen LogP contribution in [0.1, 0.15) is 19.8 Å². The zero-order valence-corrected chi connectivity index (χ0v) is 7.25. The Balaban J connectivity index is 3.47. The second-order valence-corrected chi connectivity index (χ2v) is 2.60. The summed E-state index contributed by atoms with van der Waals surface area (Å²) >= 11 is 0. The van der Waals surface area contributed by atoms with Gasteiger partial charge in [0.2, 0.25) is 0 Å². The Labute approximate surface area is 72.8 Å². The first-order valence-corrected chi connectivity index (χ1v) is 3.84. The highest BCUT2D eigenvalue weighted by molar-refractivity contribution is 5.80. The van der Waals surface area contributed by atoms with E-state index >= 15 is 0 Å². The minimum Gasteiger partial charge on any atom is -0.409 e. The Hall–Kier alpha value is -1.21. The molecule has 0 aromatic carbocycles. The van der Waals surface area contributed by atoms with Crippen molar-refractivity contribution in [2.24, 2.45) is 10.9 Å². The standard InChI is InChI=1S/C8H15N3O/c1-3-4-5-10-7(2)6-8(9)11-12/h1,7,10,12H,4-6H2,2H3,(H2,9,11). The third-order valence-electron chi connectivity index (χ3n) is 1.41. The molecule has 0 radical (unpaired) electrons. The third kappa shape index (κ3) is 5.57. The Morgan fingerprint density at radius 3 is 3.00 bits per heavy atom. The van der Waals surface area contributed by atoms with E-state index in [1.807, 2.05) is 6.92 Å². The molecule has 0 rings (SSSR count). The first-order valence-electron chi connectivity index (χ1n) is 3.84. The summed E-state index contributed by atoms with van der Waals surface area (Å²) in [5.74, 6) is 2.75. The first kappa shape index (κ1) is 10.8. The lowest BCUT2D eigenvalue weighted by Crippen LogP contribution is -2.31. The molecular formula is C8H15N3O. The number of amidine groups is 1. The van der Waals surface area contributed by atoms with Crippen LogP contribution in [-0.2, 0) is 0 Å². The van der Waals surface area contributed by atoms with E-state index in [1.54, 1.807) is 0 Å². The monoisotopic (exact) mass is 169 g/mol. The Kier molecular flexibility index (Phi) is 5.84. The van der Waals surface area contributed by atoms with Gasteiger partial charge in [0.1, 0.15) is 5.84 Å². The van der Waals surface area contributed by atoms with E-state index in [0.29, 0.717) is 12.8 Å². The lowest BCUT2D eigenvalue weighted by molar-refractivity contribution is 0.316. The van der Waals surface area contributed by atoms with Gasteiger partial charge in [0.15, 0.2) is 0 Å². The molecule has 0 aliphatic carbocycles. The highest BCUT2D eigenvalue weighted by atomic mass is 16.4. The van der Waals surface area contributed by atoms with Crippen molar-refractivity contribution in [3.8, 4) is 12.3 Å². The molecule has 0 amide bonds. The van der Waals surface area contributed by atoms with E-state index in [-0.39, 0.29) is 11.9 Å². The van der Waals surface area contributed by atoms with E-state index in [0.717, 1.165) is 6.54 Å². The highest BCUT2D eigenvalue weighted by Gasteiger charge is 2.02. The van der Waals surface area contributed by atoms with Crippen LogP contribution in [0, 0.1) is 12.3 Å². The van der Waals surface area contributed by atoms with Crippen molar-refractivity contribution < 1.29 is 5.21 Å². The molecule has 0 aliphatic rings. The number of hydrogen-bond donors (Lipinski definition) is 3. The van der Waals surface area contributed by atoms with Crippen LogP contribution in [-0.4, -0.2) is 23.6 Å². The average molecular weight is 169 g/mol. The zero-order valence-electron chi connectivity index (χ0n) is 7.25. The number of nitrogens with two attached hydrogens (primary N) is 1. The van der Waals surface area contributed by atoms with Crippen LogP contribution in [0.2, 0.25) is 0 Å². The first-order chi connectivity index (χ1) is 5.70. The molecule has 4 N–H and O–H groups in total. The quantitative estimate of drug-likeness (QED) is 0.137. The fraction of sp³-hybridized carbons (Fsp3) is 0.625. The molecule has 12 heavy (non-hydrogen) atoms. The molecule has 4 heteroatoms. The Morgan fingerprint density at radius 1 is 1.83 bits per heavy atom. The lowest BCUT2D eigenvalue weighted by atomic mass is 10.2. The fourth-order valence-electron chi connectivity index (χ4n) is 0.817. The maximum Gasteiger partial charge on any atom is 0.140 e. The fourth-order valence-corrected chi connectivity index (χ4v) is 0.817. The van der Waals surface area contributed by atoms with Gasteiger partial charge < -0.3 is 16.3 Å². The van der Waals surface area contributed by atoms with Crippen LogP contribution in [0.25, 0.3) is 0 Å². The molecular weight excluding hydrogens is 154 g/mol. The number of rotatable bonds is 5. The summed E-state index contributed by atoms with van der Waals surface area (Å²) in [7, 11) is 0. The van der Waals surface area contributed by atoms with Crippen molar-refractivity contribution in [1.82, 2.24) is 5.32 Å². The van der Waals surface area contributed by atoms with E-state index in [9.17, 15) is 0 Å². The van der Waals surface area contributed by atoms with Crippen molar-refractivity contribution in [2.45, 2.75) is 25.8 Å². The SMILES string of the molecule is C#CCCNC(C)CC(N)=NO. The van der Waals surface area contributed by atoms with Crippen molar-refractivity contribution in [3.63, 3.8) is 0 Å². The summed E-state index contributed by atoms with van der Waals surface area (Å²) < 4.78 is 0. The molecule has 0 heterocycles. The van der Waals surface area contributed by atoms with Gasteiger partial charge >= 0.3 is 0 Å². The molecule has 0 bridgehead atoms.